The molecule has 0 spiro atoms. The van der Waals surface area contributed by atoms with Crippen molar-refractivity contribution in [3.05, 3.63) is 0 Å². The Bertz CT molecular complexity index is 112. The number of carbonyl (C=O) groups is 1. The Morgan fingerprint density at radius 1 is 1.27 bits per heavy atom. The summed E-state index contributed by atoms with van der Waals surface area (Å²) >= 11 is 0. The number of hydrogen-bond acceptors (Lipinski definition) is 1. The Hall–Kier alpha value is -0.530. The smallest absolute Gasteiger partial charge is 0.207 e. The molecule has 0 radical (unpaired) electrons. The third-order valence-corrected chi connectivity index (χ3v) is 2.22. The minimum absolute atomic E-state index is 0.310. The van der Waals surface area contributed by atoms with Gasteiger partial charge in [-0.25, -0.2) is 0 Å². The Balaban J connectivity index is 3.56. The molecular weight excluding hydrogens is 138 g/mol. The molecule has 2 nitrogen and oxygen atoms in total. The number of amides is 1. The summed E-state index contributed by atoms with van der Waals surface area (Å²) in [5.74, 6) is 1.38. The fourth-order valence-electron chi connectivity index (χ4n) is 1.01. The van der Waals surface area contributed by atoms with Gasteiger partial charge in [0.05, 0.1) is 0 Å². The molecule has 0 aromatic rings. The second-order valence-corrected chi connectivity index (χ2v) is 3.64. The Morgan fingerprint density at radius 2 is 1.82 bits per heavy atom. The predicted molar refractivity (Wildman–Crippen MR) is 47.3 cm³/mol. The van der Waals surface area contributed by atoms with E-state index in [1.807, 2.05) is 6.92 Å². The van der Waals surface area contributed by atoms with Gasteiger partial charge in [-0.2, -0.15) is 0 Å². The van der Waals surface area contributed by atoms with Crippen LogP contribution in [-0.4, -0.2) is 12.5 Å². The van der Waals surface area contributed by atoms with Gasteiger partial charge in [0, 0.05) is 6.04 Å². The highest BCUT2D eigenvalue weighted by Gasteiger charge is 2.10. The van der Waals surface area contributed by atoms with Gasteiger partial charge in [-0.15, -0.1) is 0 Å². The zero-order valence-corrected chi connectivity index (χ0v) is 7.92. The van der Waals surface area contributed by atoms with E-state index in [1.54, 1.807) is 0 Å². The van der Waals surface area contributed by atoms with Crippen LogP contribution in [0.5, 0.6) is 0 Å². The molecule has 0 heterocycles. The average Bonchev–Trinajstić information content (AvgIpc) is 1.87. The molecule has 66 valence electrons. The summed E-state index contributed by atoms with van der Waals surface area (Å²) in [5.41, 5.74) is 0. The van der Waals surface area contributed by atoms with Crippen molar-refractivity contribution in [1.82, 2.24) is 5.32 Å². The van der Waals surface area contributed by atoms with Crippen molar-refractivity contribution >= 4 is 6.41 Å². The molecule has 2 heteroatoms. The first-order valence-electron chi connectivity index (χ1n) is 4.27. The average molecular weight is 157 g/mol. The van der Waals surface area contributed by atoms with Crippen LogP contribution in [0.3, 0.4) is 0 Å². The van der Waals surface area contributed by atoms with Crippen molar-refractivity contribution in [2.45, 2.75) is 40.2 Å². The topological polar surface area (TPSA) is 29.1 Å². The molecule has 0 aromatic heterocycles. The van der Waals surface area contributed by atoms with Gasteiger partial charge in [-0.05, 0) is 25.2 Å². The molecule has 2 atom stereocenters. The normalized spacial score (nSPS) is 16.1. The lowest BCUT2D eigenvalue weighted by Gasteiger charge is -2.19. The van der Waals surface area contributed by atoms with Gasteiger partial charge in [0.15, 0.2) is 0 Å². The third kappa shape index (κ3) is 4.82. The third-order valence-electron chi connectivity index (χ3n) is 2.22. The van der Waals surface area contributed by atoms with Gasteiger partial charge in [-0.3, -0.25) is 4.79 Å². The van der Waals surface area contributed by atoms with Crippen molar-refractivity contribution < 1.29 is 4.79 Å². The number of rotatable bonds is 5. The summed E-state index contributed by atoms with van der Waals surface area (Å²) in [5, 5.41) is 2.75. The van der Waals surface area contributed by atoms with Crippen molar-refractivity contribution in [2.24, 2.45) is 11.8 Å². The van der Waals surface area contributed by atoms with E-state index in [9.17, 15) is 4.79 Å². The van der Waals surface area contributed by atoms with E-state index in [2.05, 4.69) is 26.1 Å². The van der Waals surface area contributed by atoms with Crippen molar-refractivity contribution in [3.8, 4) is 0 Å². The molecule has 0 fully saturated rings. The van der Waals surface area contributed by atoms with Crippen LogP contribution in [0.25, 0.3) is 0 Å². The van der Waals surface area contributed by atoms with E-state index >= 15 is 0 Å². The van der Waals surface area contributed by atoms with E-state index < -0.39 is 0 Å². The second kappa shape index (κ2) is 5.16. The van der Waals surface area contributed by atoms with E-state index in [1.165, 1.54) is 0 Å². The van der Waals surface area contributed by atoms with E-state index in [0.29, 0.717) is 17.9 Å². The number of nitrogens with one attached hydrogen (secondary N) is 1. The van der Waals surface area contributed by atoms with Crippen LogP contribution < -0.4 is 5.32 Å². The Morgan fingerprint density at radius 3 is 2.18 bits per heavy atom. The zero-order valence-electron chi connectivity index (χ0n) is 7.92. The zero-order chi connectivity index (χ0) is 8.85. The largest absolute Gasteiger partial charge is 0.356 e. The molecule has 0 rings (SSSR count). The maximum absolute atomic E-state index is 10.1. The first kappa shape index (κ1) is 10.5. The van der Waals surface area contributed by atoms with Crippen LogP contribution >= 0.6 is 0 Å². The molecule has 0 aliphatic rings. The SMILES string of the molecule is CC(CC(C)C(C)C)NC=O. The summed E-state index contributed by atoms with van der Waals surface area (Å²) in [6.45, 7) is 8.66. The van der Waals surface area contributed by atoms with Crippen LogP contribution in [-0.2, 0) is 4.79 Å². The van der Waals surface area contributed by atoms with E-state index in [0.717, 1.165) is 12.8 Å². The van der Waals surface area contributed by atoms with Crippen molar-refractivity contribution in [3.63, 3.8) is 0 Å². The highest BCUT2D eigenvalue weighted by molar-refractivity contribution is 5.46. The van der Waals surface area contributed by atoms with Gasteiger partial charge in [-0.1, -0.05) is 20.8 Å². The summed E-state index contributed by atoms with van der Waals surface area (Å²) in [6, 6.07) is 0.310. The molecule has 0 aliphatic heterocycles. The summed E-state index contributed by atoms with van der Waals surface area (Å²) in [6.07, 6.45) is 1.84. The minimum Gasteiger partial charge on any atom is -0.356 e. The van der Waals surface area contributed by atoms with Crippen LogP contribution in [0.15, 0.2) is 0 Å². The van der Waals surface area contributed by atoms with Gasteiger partial charge in [0.25, 0.3) is 0 Å². The summed E-state index contributed by atoms with van der Waals surface area (Å²) in [7, 11) is 0. The lowest BCUT2D eigenvalue weighted by molar-refractivity contribution is -0.110. The molecule has 0 saturated carbocycles. The molecule has 0 bridgehead atoms. The number of carbonyl (C=O) groups excluding carboxylic acids is 1. The van der Waals surface area contributed by atoms with Crippen LogP contribution in [0.1, 0.15) is 34.1 Å². The van der Waals surface area contributed by atoms with Crippen LogP contribution in [0.4, 0.5) is 0 Å². The standard InChI is InChI=1S/C9H19NO/c1-7(2)8(3)5-9(4)10-6-11/h6-9H,5H2,1-4H3,(H,10,11). The minimum atomic E-state index is 0.310. The van der Waals surface area contributed by atoms with Gasteiger partial charge in [0.1, 0.15) is 0 Å². The maximum atomic E-state index is 10.1. The highest BCUT2D eigenvalue weighted by atomic mass is 16.1. The maximum Gasteiger partial charge on any atom is 0.207 e. The highest BCUT2D eigenvalue weighted by Crippen LogP contribution is 2.15. The second-order valence-electron chi connectivity index (χ2n) is 3.64. The van der Waals surface area contributed by atoms with E-state index in [-0.39, 0.29) is 0 Å². The first-order chi connectivity index (χ1) is 5.07. The molecule has 1 N–H and O–H groups in total. The van der Waals surface area contributed by atoms with Gasteiger partial charge < -0.3 is 5.32 Å². The quantitative estimate of drug-likeness (QED) is 0.606. The molecule has 1 amide bonds. The molecule has 0 saturated heterocycles. The van der Waals surface area contributed by atoms with Gasteiger partial charge in [0.2, 0.25) is 6.41 Å². The van der Waals surface area contributed by atoms with Crippen molar-refractivity contribution in [2.75, 3.05) is 0 Å². The Labute approximate surface area is 69.4 Å². The fraction of sp³-hybridized carbons (Fsp3) is 0.889. The molecule has 0 aliphatic carbocycles. The van der Waals surface area contributed by atoms with Crippen LogP contribution in [0, 0.1) is 11.8 Å². The Kier molecular flexibility index (Phi) is 4.92. The van der Waals surface area contributed by atoms with Crippen LogP contribution in [0.2, 0.25) is 0 Å². The monoisotopic (exact) mass is 157 g/mol. The molecular formula is C9H19NO. The lowest BCUT2D eigenvalue weighted by atomic mass is 9.92. The molecule has 11 heavy (non-hydrogen) atoms. The summed E-state index contributed by atoms with van der Waals surface area (Å²) < 4.78 is 0. The van der Waals surface area contributed by atoms with E-state index in [4.69, 9.17) is 0 Å². The number of hydrogen-bond donors (Lipinski definition) is 1. The van der Waals surface area contributed by atoms with Crippen molar-refractivity contribution in [1.29, 1.82) is 0 Å². The van der Waals surface area contributed by atoms with Gasteiger partial charge >= 0.3 is 0 Å². The molecule has 0 aromatic carbocycles. The predicted octanol–water partition coefficient (Wildman–Crippen LogP) is 1.80. The summed E-state index contributed by atoms with van der Waals surface area (Å²) in [4.78, 5) is 10.1. The lowest BCUT2D eigenvalue weighted by Crippen LogP contribution is -2.27. The first-order valence-corrected chi connectivity index (χ1v) is 4.27. The fourth-order valence-corrected chi connectivity index (χ4v) is 1.01. The molecule has 2 unspecified atom stereocenters.